The Kier molecular flexibility index (Phi) is 4.59. The van der Waals surface area contributed by atoms with Crippen molar-refractivity contribution in [3.05, 3.63) is 0 Å². The van der Waals surface area contributed by atoms with Crippen LogP contribution < -0.4 is 0 Å². The molecule has 0 radical (unpaired) electrons. The number of ether oxygens (including phenoxy) is 1. The molecule has 4 atom stereocenters. The highest BCUT2D eigenvalue weighted by Gasteiger charge is 2.41. The van der Waals surface area contributed by atoms with Crippen molar-refractivity contribution in [2.45, 2.75) is 64.3 Å². The summed E-state index contributed by atoms with van der Waals surface area (Å²) in [7, 11) is 0. The van der Waals surface area contributed by atoms with E-state index >= 15 is 0 Å². The van der Waals surface area contributed by atoms with Crippen LogP contribution in [-0.4, -0.2) is 52.1 Å². The smallest absolute Gasteiger partial charge is 0.410 e. The largest absolute Gasteiger partial charge is 0.444 e. The minimum Gasteiger partial charge on any atom is -0.444 e. The van der Waals surface area contributed by atoms with Crippen LogP contribution in [0.4, 0.5) is 4.79 Å². The van der Waals surface area contributed by atoms with Crippen LogP contribution in [0.25, 0.3) is 0 Å². The minimum absolute atomic E-state index is 0.0335. The van der Waals surface area contributed by atoms with Crippen molar-refractivity contribution in [1.29, 1.82) is 0 Å². The monoisotopic (exact) mass is 285 g/mol. The normalized spacial score (nSPS) is 35.1. The summed E-state index contributed by atoms with van der Waals surface area (Å²) in [4.78, 5) is 13.8. The second-order valence-corrected chi connectivity index (χ2v) is 7.11. The Morgan fingerprint density at radius 3 is 2.30 bits per heavy atom. The molecule has 116 valence electrons. The number of hydrogen-bond acceptors (Lipinski definition) is 4. The first-order valence-electron chi connectivity index (χ1n) is 7.62. The fourth-order valence-corrected chi connectivity index (χ4v) is 3.35. The summed E-state index contributed by atoms with van der Waals surface area (Å²) in [6.07, 6.45) is 2.22. The zero-order valence-corrected chi connectivity index (χ0v) is 12.7. The van der Waals surface area contributed by atoms with E-state index in [0.29, 0.717) is 19.5 Å². The van der Waals surface area contributed by atoms with Crippen molar-refractivity contribution < 1.29 is 19.7 Å². The maximum atomic E-state index is 12.1. The lowest BCUT2D eigenvalue weighted by Crippen LogP contribution is -2.50. The van der Waals surface area contributed by atoms with Gasteiger partial charge in [0.05, 0.1) is 12.2 Å². The SMILES string of the molecule is CC(C)(C)OC(=O)N1CCC(O)C(C2CCCC2O)C1. The Morgan fingerprint density at radius 1 is 1.10 bits per heavy atom. The minimum atomic E-state index is -0.504. The van der Waals surface area contributed by atoms with Gasteiger partial charge in [0, 0.05) is 19.0 Å². The van der Waals surface area contributed by atoms with Gasteiger partial charge in [-0.25, -0.2) is 4.79 Å². The summed E-state index contributed by atoms with van der Waals surface area (Å²) in [6.45, 7) is 6.55. The van der Waals surface area contributed by atoms with Crippen LogP contribution in [0, 0.1) is 11.8 Å². The third-order valence-electron chi connectivity index (χ3n) is 4.35. The van der Waals surface area contributed by atoms with E-state index in [1.165, 1.54) is 0 Å². The topological polar surface area (TPSA) is 70.0 Å². The molecule has 2 rings (SSSR count). The molecule has 2 aliphatic rings. The zero-order chi connectivity index (χ0) is 14.9. The standard InChI is InChI=1S/C15H27NO4/c1-15(2,3)20-14(19)16-8-7-13(18)11(9-16)10-5-4-6-12(10)17/h10-13,17-18H,4-9H2,1-3H3. The number of hydrogen-bond donors (Lipinski definition) is 2. The van der Waals surface area contributed by atoms with Gasteiger partial charge in [-0.05, 0) is 46.0 Å². The molecule has 1 aliphatic carbocycles. The number of piperidine rings is 1. The second-order valence-electron chi connectivity index (χ2n) is 7.11. The average Bonchev–Trinajstić information content (AvgIpc) is 2.73. The summed E-state index contributed by atoms with van der Waals surface area (Å²) in [6, 6.07) is 0. The van der Waals surface area contributed by atoms with Gasteiger partial charge < -0.3 is 19.8 Å². The first kappa shape index (κ1) is 15.6. The van der Waals surface area contributed by atoms with E-state index in [-0.39, 0.29) is 24.0 Å². The number of carbonyl (C=O) groups excluding carboxylic acids is 1. The lowest BCUT2D eigenvalue weighted by Gasteiger charge is -2.40. The maximum absolute atomic E-state index is 12.1. The summed E-state index contributed by atoms with van der Waals surface area (Å²) in [5.41, 5.74) is -0.504. The molecule has 1 saturated carbocycles. The van der Waals surface area contributed by atoms with Crippen molar-refractivity contribution in [2.75, 3.05) is 13.1 Å². The molecule has 0 bridgehead atoms. The first-order chi connectivity index (χ1) is 9.28. The first-order valence-corrected chi connectivity index (χ1v) is 7.62. The molecule has 1 amide bonds. The van der Waals surface area contributed by atoms with Crippen LogP contribution in [0.5, 0.6) is 0 Å². The Morgan fingerprint density at radius 2 is 1.75 bits per heavy atom. The van der Waals surface area contributed by atoms with E-state index in [2.05, 4.69) is 0 Å². The highest BCUT2D eigenvalue weighted by Crippen LogP contribution is 2.36. The van der Waals surface area contributed by atoms with Crippen molar-refractivity contribution in [1.82, 2.24) is 4.90 Å². The van der Waals surface area contributed by atoms with E-state index in [1.807, 2.05) is 20.8 Å². The molecule has 1 saturated heterocycles. The molecular weight excluding hydrogens is 258 g/mol. The van der Waals surface area contributed by atoms with Gasteiger partial charge in [-0.2, -0.15) is 0 Å². The van der Waals surface area contributed by atoms with Gasteiger partial charge in [-0.1, -0.05) is 6.42 Å². The van der Waals surface area contributed by atoms with Gasteiger partial charge in [-0.3, -0.25) is 0 Å². The van der Waals surface area contributed by atoms with Crippen LogP contribution in [0.2, 0.25) is 0 Å². The lowest BCUT2D eigenvalue weighted by molar-refractivity contribution is -0.0390. The van der Waals surface area contributed by atoms with Crippen LogP contribution >= 0.6 is 0 Å². The molecular formula is C15H27NO4. The van der Waals surface area contributed by atoms with Gasteiger partial charge in [-0.15, -0.1) is 0 Å². The summed E-state index contributed by atoms with van der Waals surface area (Å²) >= 11 is 0. The number of aliphatic hydroxyl groups is 2. The fraction of sp³-hybridized carbons (Fsp3) is 0.933. The van der Waals surface area contributed by atoms with E-state index in [1.54, 1.807) is 4.90 Å². The molecule has 20 heavy (non-hydrogen) atoms. The molecule has 5 heteroatoms. The number of aliphatic hydroxyl groups excluding tert-OH is 2. The maximum Gasteiger partial charge on any atom is 0.410 e. The molecule has 1 aliphatic heterocycles. The van der Waals surface area contributed by atoms with Crippen molar-refractivity contribution in [3.63, 3.8) is 0 Å². The Bertz CT molecular complexity index is 352. The number of rotatable bonds is 1. The molecule has 1 heterocycles. The van der Waals surface area contributed by atoms with Crippen LogP contribution in [0.15, 0.2) is 0 Å². The highest BCUT2D eigenvalue weighted by molar-refractivity contribution is 5.68. The summed E-state index contributed by atoms with van der Waals surface area (Å²) < 4.78 is 5.39. The number of likely N-dealkylation sites (tertiary alicyclic amines) is 1. The Hall–Kier alpha value is -0.810. The van der Waals surface area contributed by atoms with Crippen LogP contribution in [0.3, 0.4) is 0 Å². The van der Waals surface area contributed by atoms with Gasteiger partial charge in [0.2, 0.25) is 0 Å². The molecule has 4 unspecified atom stereocenters. The van der Waals surface area contributed by atoms with Gasteiger partial charge >= 0.3 is 6.09 Å². The third-order valence-corrected chi connectivity index (χ3v) is 4.35. The van der Waals surface area contributed by atoms with E-state index in [9.17, 15) is 15.0 Å². The quantitative estimate of drug-likeness (QED) is 0.770. The van der Waals surface area contributed by atoms with E-state index < -0.39 is 11.7 Å². The van der Waals surface area contributed by atoms with Crippen molar-refractivity contribution >= 4 is 6.09 Å². The number of amides is 1. The van der Waals surface area contributed by atoms with E-state index in [4.69, 9.17) is 4.74 Å². The van der Waals surface area contributed by atoms with Gasteiger partial charge in [0.1, 0.15) is 5.60 Å². The number of carbonyl (C=O) groups is 1. The third kappa shape index (κ3) is 3.64. The molecule has 0 spiro atoms. The Labute approximate surface area is 120 Å². The van der Waals surface area contributed by atoms with E-state index in [0.717, 1.165) is 19.3 Å². The van der Waals surface area contributed by atoms with Crippen LogP contribution in [-0.2, 0) is 4.74 Å². The molecule has 0 aromatic rings. The van der Waals surface area contributed by atoms with Crippen molar-refractivity contribution in [3.8, 4) is 0 Å². The highest BCUT2D eigenvalue weighted by atomic mass is 16.6. The lowest BCUT2D eigenvalue weighted by atomic mass is 9.81. The van der Waals surface area contributed by atoms with Crippen molar-refractivity contribution in [2.24, 2.45) is 11.8 Å². The molecule has 0 aromatic carbocycles. The summed E-state index contributed by atoms with van der Waals surface area (Å²) in [5.74, 6) is 0.0732. The van der Waals surface area contributed by atoms with Gasteiger partial charge in [0.25, 0.3) is 0 Å². The molecule has 5 nitrogen and oxygen atoms in total. The Balaban J connectivity index is 1.99. The summed E-state index contributed by atoms with van der Waals surface area (Å²) in [5, 5.41) is 20.2. The second kappa shape index (κ2) is 5.90. The van der Waals surface area contributed by atoms with Crippen LogP contribution in [0.1, 0.15) is 46.5 Å². The molecule has 2 fully saturated rings. The average molecular weight is 285 g/mol. The van der Waals surface area contributed by atoms with Gasteiger partial charge in [0.15, 0.2) is 0 Å². The predicted octanol–water partition coefficient (Wildman–Crippen LogP) is 1.77. The predicted molar refractivity (Wildman–Crippen MR) is 75.3 cm³/mol. The molecule has 2 N–H and O–H groups in total. The number of nitrogens with zero attached hydrogens (tertiary/aromatic N) is 1. The molecule has 0 aromatic heterocycles. The fourth-order valence-electron chi connectivity index (χ4n) is 3.35. The zero-order valence-electron chi connectivity index (χ0n) is 12.7.